The van der Waals surface area contributed by atoms with Crippen molar-refractivity contribution in [1.29, 1.82) is 0 Å². The Morgan fingerprint density at radius 2 is 1.92 bits per heavy atom. The van der Waals surface area contributed by atoms with Gasteiger partial charge in [-0.2, -0.15) is 0 Å². The predicted molar refractivity (Wildman–Crippen MR) is 49.0 cm³/mol. The number of rotatable bonds is 1. The highest BCUT2D eigenvalue weighted by Crippen LogP contribution is 2.32. The highest BCUT2D eigenvalue weighted by molar-refractivity contribution is 5.12. The van der Waals surface area contributed by atoms with Crippen molar-refractivity contribution in [3.05, 3.63) is 30.1 Å². The van der Waals surface area contributed by atoms with Gasteiger partial charge in [-0.05, 0) is 12.1 Å². The summed E-state index contributed by atoms with van der Waals surface area (Å²) in [6, 6.07) is 5.62. The molecule has 0 aromatic carbocycles. The van der Waals surface area contributed by atoms with Crippen LogP contribution >= 0.6 is 0 Å². The predicted octanol–water partition coefficient (Wildman–Crippen LogP) is 1.60. The van der Waals surface area contributed by atoms with Crippen LogP contribution in [0.5, 0.6) is 0 Å². The van der Waals surface area contributed by atoms with Crippen LogP contribution in [-0.2, 0) is 5.60 Å². The molecule has 0 atom stereocenters. The monoisotopic (exact) mass is 176 g/mol. The minimum absolute atomic E-state index is 0.731. The van der Waals surface area contributed by atoms with Crippen LogP contribution in [0.25, 0.3) is 0 Å². The summed E-state index contributed by atoms with van der Waals surface area (Å²) in [5, 5.41) is 12.3. The normalized spacial score (nSPS) is 21.3. The molecule has 2 nitrogen and oxygen atoms in total. The molecule has 0 aliphatic heterocycles. The molecule has 1 saturated carbocycles. The van der Waals surface area contributed by atoms with Gasteiger partial charge in [-0.1, -0.05) is 43.8 Å². The molecular formula is C11H14NO-. The Balaban J connectivity index is 2.23. The van der Waals surface area contributed by atoms with Gasteiger partial charge in [0.25, 0.3) is 0 Å². The van der Waals surface area contributed by atoms with E-state index in [9.17, 15) is 5.11 Å². The van der Waals surface area contributed by atoms with Crippen molar-refractivity contribution < 1.29 is 5.11 Å². The molecular weight excluding hydrogens is 162 g/mol. The van der Waals surface area contributed by atoms with Gasteiger partial charge in [-0.25, -0.2) is 0 Å². The molecule has 1 aliphatic rings. The van der Waals surface area contributed by atoms with Crippen LogP contribution in [-0.4, -0.2) is 4.98 Å². The van der Waals surface area contributed by atoms with E-state index in [-0.39, 0.29) is 0 Å². The van der Waals surface area contributed by atoms with Crippen molar-refractivity contribution >= 4 is 0 Å². The van der Waals surface area contributed by atoms with Crippen LogP contribution in [0.4, 0.5) is 0 Å². The van der Waals surface area contributed by atoms with E-state index in [1.165, 1.54) is 6.42 Å². The topological polar surface area (TPSA) is 36.0 Å². The van der Waals surface area contributed by atoms with Crippen molar-refractivity contribution in [1.82, 2.24) is 4.98 Å². The second kappa shape index (κ2) is 3.46. The summed E-state index contributed by atoms with van der Waals surface area (Å²) in [4.78, 5) is 4.16. The van der Waals surface area contributed by atoms with Gasteiger partial charge in [0.2, 0.25) is 0 Å². The van der Waals surface area contributed by atoms with Crippen LogP contribution < -0.4 is 5.11 Å². The lowest BCUT2D eigenvalue weighted by Crippen LogP contribution is -2.43. The lowest BCUT2D eigenvalue weighted by atomic mass is 9.82. The van der Waals surface area contributed by atoms with E-state index >= 15 is 0 Å². The zero-order chi connectivity index (χ0) is 9.15. The van der Waals surface area contributed by atoms with Gasteiger partial charge in [-0.3, -0.25) is 4.98 Å². The lowest BCUT2D eigenvalue weighted by Gasteiger charge is -2.43. The third-order valence-electron chi connectivity index (χ3n) is 2.79. The molecule has 2 heteroatoms. The first kappa shape index (κ1) is 8.70. The van der Waals surface area contributed by atoms with Crippen molar-refractivity contribution in [2.75, 3.05) is 0 Å². The van der Waals surface area contributed by atoms with Crippen molar-refractivity contribution in [3.8, 4) is 0 Å². The van der Waals surface area contributed by atoms with Gasteiger partial charge >= 0.3 is 0 Å². The number of nitrogens with zero attached hydrogens (tertiary/aromatic N) is 1. The summed E-state index contributed by atoms with van der Waals surface area (Å²) in [5.41, 5.74) is -0.158. The SMILES string of the molecule is [O-]C1(c2ccccn2)CCCCC1. The smallest absolute Gasteiger partial charge is 0.0300 e. The summed E-state index contributed by atoms with van der Waals surface area (Å²) >= 11 is 0. The molecule has 70 valence electrons. The average Bonchev–Trinajstić information content (AvgIpc) is 2.20. The quantitative estimate of drug-likeness (QED) is 0.651. The summed E-state index contributed by atoms with van der Waals surface area (Å²) in [6.07, 6.45) is 6.54. The maximum Gasteiger partial charge on any atom is 0.0300 e. The molecule has 0 saturated heterocycles. The summed E-state index contributed by atoms with van der Waals surface area (Å²) in [6.45, 7) is 0. The van der Waals surface area contributed by atoms with Gasteiger partial charge in [0.05, 0.1) is 0 Å². The first-order valence-corrected chi connectivity index (χ1v) is 4.93. The zero-order valence-electron chi connectivity index (χ0n) is 7.70. The lowest BCUT2D eigenvalue weighted by molar-refractivity contribution is -0.496. The van der Waals surface area contributed by atoms with Gasteiger partial charge in [0.15, 0.2) is 0 Å². The number of hydrogen-bond donors (Lipinski definition) is 0. The van der Waals surface area contributed by atoms with Gasteiger partial charge in [-0.15, -0.1) is 0 Å². The molecule has 13 heavy (non-hydrogen) atoms. The molecule has 0 spiro atoms. The van der Waals surface area contributed by atoms with E-state index in [0.717, 1.165) is 31.4 Å². The highest BCUT2D eigenvalue weighted by atomic mass is 16.3. The first-order chi connectivity index (χ1) is 6.31. The molecule has 0 unspecified atom stereocenters. The van der Waals surface area contributed by atoms with Gasteiger partial charge < -0.3 is 5.11 Å². The van der Waals surface area contributed by atoms with E-state index in [4.69, 9.17) is 0 Å². The Hall–Kier alpha value is -0.890. The second-order valence-corrected chi connectivity index (χ2v) is 3.77. The maximum atomic E-state index is 12.3. The van der Waals surface area contributed by atoms with Gasteiger partial charge in [0.1, 0.15) is 0 Å². The van der Waals surface area contributed by atoms with Gasteiger partial charge in [0, 0.05) is 11.9 Å². The van der Waals surface area contributed by atoms with Crippen LogP contribution in [0.2, 0.25) is 0 Å². The Kier molecular flexibility index (Phi) is 2.32. The van der Waals surface area contributed by atoms with E-state index in [1.807, 2.05) is 18.2 Å². The Bertz CT molecular complexity index is 265. The fourth-order valence-electron chi connectivity index (χ4n) is 2.01. The van der Waals surface area contributed by atoms with Crippen molar-refractivity contribution in [3.63, 3.8) is 0 Å². The van der Waals surface area contributed by atoms with Crippen molar-refractivity contribution in [2.24, 2.45) is 0 Å². The molecule has 1 aromatic rings. The molecule has 0 bridgehead atoms. The minimum atomic E-state index is -0.889. The first-order valence-electron chi connectivity index (χ1n) is 4.93. The standard InChI is InChI=1S/C11H14NO/c13-11(7-3-1-4-8-11)10-6-2-5-9-12-10/h2,5-6,9H,1,3-4,7-8H2/q-1. The van der Waals surface area contributed by atoms with Crippen LogP contribution in [0.15, 0.2) is 24.4 Å². The van der Waals surface area contributed by atoms with Crippen LogP contribution in [0, 0.1) is 0 Å². The Labute approximate surface area is 78.6 Å². The molecule has 1 aliphatic carbocycles. The molecule has 1 fully saturated rings. The molecule has 1 aromatic heterocycles. The van der Waals surface area contributed by atoms with Crippen molar-refractivity contribution in [2.45, 2.75) is 37.7 Å². The van der Waals surface area contributed by atoms with E-state index < -0.39 is 5.60 Å². The van der Waals surface area contributed by atoms with Crippen LogP contribution in [0.1, 0.15) is 37.8 Å². The average molecular weight is 176 g/mol. The molecule has 1 heterocycles. The van der Waals surface area contributed by atoms with Crippen LogP contribution in [0.3, 0.4) is 0 Å². The largest absolute Gasteiger partial charge is 0.845 e. The second-order valence-electron chi connectivity index (χ2n) is 3.77. The molecule has 0 amide bonds. The minimum Gasteiger partial charge on any atom is -0.845 e. The fourth-order valence-corrected chi connectivity index (χ4v) is 2.01. The third kappa shape index (κ3) is 1.73. The zero-order valence-corrected chi connectivity index (χ0v) is 7.70. The Morgan fingerprint density at radius 3 is 2.54 bits per heavy atom. The summed E-state index contributed by atoms with van der Waals surface area (Å²) in [7, 11) is 0. The third-order valence-corrected chi connectivity index (χ3v) is 2.79. The molecule has 0 N–H and O–H groups in total. The van der Waals surface area contributed by atoms with E-state index in [1.54, 1.807) is 6.20 Å². The Morgan fingerprint density at radius 1 is 1.15 bits per heavy atom. The summed E-state index contributed by atoms with van der Waals surface area (Å²) < 4.78 is 0. The highest BCUT2D eigenvalue weighted by Gasteiger charge is 2.22. The van der Waals surface area contributed by atoms with E-state index in [0.29, 0.717) is 0 Å². The molecule has 2 rings (SSSR count). The number of hydrogen-bond acceptors (Lipinski definition) is 2. The molecule has 0 radical (unpaired) electrons. The number of aromatic nitrogens is 1. The fraction of sp³-hybridized carbons (Fsp3) is 0.545. The number of pyridine rings is 1. The van der Waals surface area contributed by atoms with E-state index in [2.05, 4.69) is 4.98 Å². The maximum absolute atomic E-state index is 12.3. The summed E-state index contributed by atoms with van der Waals surface area (Å²) in [5.74, 6) is 0.